The van der Waals surface area contributed by atoms with E-state index >= 15 is 0 Å². The molecular formula is C14H18Cl3NO8. The van der Waals surface area contributed by atoms with Crippen LogP contribution in [0.15, 0.2) is 0 Å². The summed E-state index contributed by atoms with van der Waals surface area (Å²) in [5, 5.41) is 2.26. The van der Waals surface area contributed by atoms with E-state index in [-0.39, 0.29) is 0 Å². The predicted octanol–water partition coefficient (Wildman–Crippen LogP) is 1.01. The molecule has 148 valence electrons. The summed E-state index contributed by atoms with van der Waals surface area (Å²) in [5.74, 6) is -3.22. The van der Waals surface area contributed by atoms with Crippen molar-refractivity contribution >= 4 is 58.6 Å². The monoisotopic (exact) mass is 433 g/mol. The lowest BCUT2D eigenvalue weighted by atomic mass is 9.98. The molecule has 1 amide bonds. The van der Waals surface area contributed by atoms with Crippen LogP contribution in [0.25, 0.3) is 0 Å². The second-order valence-electron chi connectivity index (χ2n) is 5.46. The largest absolute Gasteiger partial charge is 0.456 e. The third-order valence-electron chi connectivity index (χ3n) is 3.21. The van der Waals surface area contributed by atoms with Gasteiger partial charge in [0.05, 0.1) is 6.10 Å². The molecule has 0 aromatic heterocycles. The van der Waals surface area contributed by atoms with Gasteiger partial charge in [-0.05, 0) is 6.92 Å². The van der Waals surface area contributed by atoms with Crippen LogP contribution in [0.5, 0.6) is 0 Å². The molecule has 1 aliphatic rings. The number of nitrogens with one attached hydrogen (secondary N) is 1. The second-order valence-corrected chi connectivity index (χ2v) is 7.74. The smallest absolute Gasteiger partial charge is 0.303 e. The predicted molar refractivity (Wildman–Crippen MR) is 89.4 cm³/mol. The first-order valence-corrected chi connectivity index (χ1v) is 8.51. The van der Waals surface area contributed by atoms with Crippen molar-refractivity contribution in [2.24, 2.45) is 0 Å². The van der Waals surface area contributed by atoms with E-state index in [1.165, 1.54) is 6.92 Å². The van der Waals surface area contributed by atoms with Gasteiger partial charge in [0.1, 0.15) is 0 Å². The molecule has 0 unspecified atom stereocenters. The van der Waals surface area contributed by atoms with Crippen LogP contribution in [0.4, 0.5) is 0 Å². The van der Waals surface area contributed by atoms with E-state index < -0.39 is 58.3 Å². The number of carbonyl (C=O) groups is 4. The maximum Gasteiger partial charge on any atom is 0.303 e. The second kappa shape index (κ2) is 9.07. The number of rotatable bonds is 4. The molecule has 0 aliphatic carbocycles. The minimum atomic E-state index is -2.31. The fourth-order valence-corrected chi connectivity index (χ4v) is 2.50. The summed E-state index contributed by atoms with van der Waals surface area (Å²) in [7, 11) is 0. The van der Waals surface area contributed by atoms with Crippen LogP contribution in [-0.2, 0) is 38.1 Å². The maximum atomic E-state index is 11.9. The molecular weight excluding hydrogens is 417 g/mol. The molecule has 12 heteroatoms. The van der Waals surface area contributed by atoms with Gasteiger partial charge in [0.2, 0.25) is 0 Å². The zero-order chi connectivity index (χ0) is 20.2. The lowest BCUT2D eigenvalue weighted by Crippen LogP contribution is -2.65. The number of hydrogen-bond acceptors (Lipinski definition) is 8. The SMILES string of the molecule is CC(=O)O[C@@H]1[C@H](OC(C)=O)[C@H](C)O[C@H](NC(=O)C(Cl)(Cl)Cl)[C@H]1OC(C)=O. The molecule has 26 heavy (non-hydrogen) atoms. The Labute approximate surface area is 164 Å². The first-order valence-electron chi connectivity index (χ1n) is 7.37. The van der Waals surface area contributed by atoms with Crippen molar-refractivity contribution in [2.75, 3.05) is 0 Å². The Morgan fingerprint density at radius 3 is 1.69 bits per heavy atom. The van der Waals surface area contributed by atoms with E-state index in [9.17, 15) is 19.2 Å². The molecule has 1 heterocycles. The summed E-state index contributed by atoms with van der Waals surface area (Å²) in [6.07, 6.45) is -5.89. The molecule has 1 saturated heterocycles. The number of esters is 3. The summed E-state index contributed by atoms with van der Waals surface area (Å²) in [6, 6.07) is 0. The molecule has 0 aromatic carbocycles. The molecule has 1 fully saturated rings. The first-order chi connectivity index (χ1) is 11.8. The number of ether oxygens (including phenoxy) is 4. The minimum absolute atomic E-state index is 0.673. The van der Waals surface area contributed by atoms with Crippen LogP contribution in [-0.4, -0.2) is 58.3 Å². The van der Waals surface area contributed by atoms with Crippen molar-refractivity contribution in [3.63, 3.8) is 0 Å². The number of hydrogen-bond donors (Lipinski definition) is 1. The summed E-state index contributed by atoms with van der Waals surface area (Å²) in [6.45, 7) is 4.86. The van der Waals surface area contributed by atoms with Crippen molar-refractivity contribution in [1.29, 1.82) is 0 Å². The summed E-state index contributed by atoms with van der Waals surface area (Å²) in [4.78, 5) is 46.2. The molecule has 1 rings (SSSR count). The van der Waals surface area contributed by atoms with Gasteiger partial charge in [-0.15, -0.1) is 0 Å². The number of carbonyl (C=O) groups excluding carboxylic acids is 4. The Bertz CT molecular complexity index is 579. The van der Waals surface area contributed by atoms with Crippen LogP contribution in [0.2, 0.25) is 0 Å². The highest BCUT2D eigenvalue weighted by Gasteiger charge is 2.51. The number of halogens is 3. The highest BCUT2D eigenvalue weighted by Crippen LogP contribution is 2.30. The van der Waals surface area contributed by atoms with Gasteiger partial charge in [-0.2, -0.15) is 0 Å². The number of amides is 1. The third-order valence-corrected chi connectivity index (χ3v) is 3.72. The van der Waals surface area contributed by atoms with E-state index in [0.29, 0.717) is 0 Å². The van der Waals surface area contributed by atoms with E-state index in [1.807, 2.05) is 0 Å². The van der Waals surface area contributed by atoms with Gasteiger partial charge in [0.15, 0.2) is 24.5 Å². The average Bonchev–Trinajstić information content (AvgIpc) is 2.44. The van der Waals surface area contributed by atoms with E-state index in [0.717, 1.165) is 20.8 Å². The van der Waals surface area contributed by atoms with Crippen LogP contribution in [0.1, 0.15) is 27.7 Å². The van der Waals surface area contributed by atoms with E-state index in [1.54, 1.807) is 0 Å². The molecule has 0 radical (unpaired) electrons. The van der Waals surface area contributed by atoms with Gasteiger partial charge < -0.3 is 24.3 Å². The quantitative estimate of drug-likeness (QED) is 0.396. The van der Waals surface area contributed by atoms with E-state index in [4.69, 9.17) is 53.8 Å². The molecule has 0 saturated carbocycles. The third kappa shape index (κ3) is 6.46. The Kier molecular flexibility index (Phi) is 7.94. The highest BCUT2D eigenvalue weighted by atomic mass is 35.6. The highest BCUT2D eigenvalue weighted by molar-refractivity contribution is 6.76. The fourth-order valence-electron chi connectivity index (χ4n) is 2.34. The molecule has 0 aromatic rings. The maximum absolute atomic E-state index is 11.9. The minimum Gasteiger partial charge on any atom is -0.456 e. The Morgan fingerprint density at radius 1 is 0.846 bits per heavy atom. The van der Waals surface area contributed by atoms with Gasteiger partial charge in [-0.1, -0.05) is 34.8 Å². The zero-order valence-corrected chi connectivity index (χ0v) is 16.6. The van der Waals surface area contributed by atoms with Gasteiger partial charge in [-0.25, -0.2) is 0 Å². The Balaban J connectivity index is 3.21. The van der Waals surface area contributed by atoms with Gasteiger partial charge in [-0.3, -0.25) is 19.2 Å². The fraction of sp³-hybridized carbons (Fsp3) is 0.714. The standard InChI is InChI=1S/C14H18Cl3NO8/c1-5-9(24-6(2)19)10(25-7(3)20)11(26-8(4)21)12(23-5)18-13(22)14(15,16)17/h5,9-12H,1-4H3,(H,18,22)/t5-,9+,10+,11-,12-/m0/s1. The Hall–Kier alpha value is -1.29. The van der Waals surface area contributed by atoms with Crippen molar-refractivity contribution in [1.82, 2.24) is 5.32 Å². The van der Waals surface area contributed by atoms with Crippen molar-refractivity contribution in [3.8, 4) is 0 Å². The topological polar surface area (TPSA) is 117 Å². The summed E-state index contributed by atoms with van der Waals surface area (Å²) in [5.41, 5.74) is 0. The van der Waals surface area contributed by atoms with E-state index in [2.05, 4.69) is 5.32 Å². The lowest BCUT2D eigenvalue weighted by Gasteiger charge is -2.43. The summed E-state index contributed by atoms with van der Waals surface area (Å²) >= 11 is 16.5. The first kappa shape index (κ1) is 22.8. The molecule has 5 atom stereocenters. The molecule has 0 spiro atoms. The summed E-state index contributed by atoms with van der Waals surface area (Å²) < 4.78 is 18.6. The van der Waals surface area contributed by atoms with Gasteiger partial charge in [0, 0.05) is 20.8 Å². The number of alkyl halides is 3. The van der Waals surface area contributed by atoms with Gasteiger partial charge >= 0.3 is 17.9 Å². The lowest BCUT2D eigenvalue weighted by molar-refractivity contribution is -0.248. The normalized spacial score (nSPS) is 28.7. The van der Waals surface area contributed by atoms with Crippen LogP contribution < -0.4 is 5.32 Å². The van der Waals surface area contributed by atoms with Gasteiger partial charge in [0.25, 0.3) is 9.70 Å². The van der Waals surface area contributed by atoms with Crippen molar-refractivity contribution in [3.05, 3.63) is 0 Å². The molecule has 9 nitrogen and oxygen atoms in total. The average molecular weight is 435 g/mol. The molecule has 1 N–H and O–H groups in total. The Morgan fingerprint density at radius 2 is 1.27 bits per heavy atom. The van der Waals surface area contributed by atoms with Crippen molar-refractivity contribution < 1.29 is 38.1 Å². The molecule has 0 bridgehead atoms. The van der Waals surface area contributed by atoms with Crippen LogP contribution in [0, 0.1) is 0 Å². The van der Waals surface area contributed by atoms with Crippen LogP contribution in [0.3, 0.4) is 0 Å². The van der Waals surface area contributed by atoms with Crippen LogP contribution >= 0.6 is 34.8 Å². The van der Waals surface area contributed by atoms with Crippen molar-refractivity contribution in [2.45, 2.75) is 62.1 Å². The zero-order valence-electron chi connectivity index (χ0n) is 14.3. The molecule has 1 aliphatic heterocycles.